The number of hydrogen-bond donors (Lipinski definition) is 2. The minimum atomic E-state index is -0.781. The van der Waals surface area contributed by atoms with Gasteiger partial charge in [-0.25, -0.2) is 0 Å². The van der Waals surface area contributed by atoms with Gasteiger partial charge in [-0.15, -0.1) is 0 Å². The van der Waals surface area contributed by atoms with E-state index in [0.717, 1.165) is 38.8 Å². The molecular formula is C22H31N3O3. The Bertz CT molecular complexity index is 696. The lowest BCUT2D eigenvalue weighted by molar-refractivity contribution is -0.143. The minimum absolute atomic E-state index is 0.0318. The number of nitrogens with one attached hydrogen (secondary N) is 1. The summed E-state index contributed by atoms with van der Waals surface area (Å²) in [4.78, 5) is 28.6. The molecule has 1 aromatic rings. The van der Waals surface area contributed by atoms with Crippen molar-refractivity contribution >= 4 is 17.6 Å². The summed E-state index contributed by atoms with van der Waals surface area (Å²) >= 11 is 0. The van der Waals surface area contributed by atoms with Crippen molar-refractivity contribution in [2.45, 2.75) is 50.6 Å². The molecule has 2 N–H and O–H groups in total. The first-order valence-corrected chi connectivity index (χ1v) is 10.7. The van der Waals surface area contributed by atoms with Gasteiger partial charge in [-0.05, 0) is 49.7 Å². The first-order valence-electron chi connectivity index (χ1n) is 10.7. The molecule has 1 aromatic carbocycles. The number of fused-ring (bicyclic) bond motifs is 1. The van der Waals surface area contributed by atoms with Crippen molar-refractivity contribution in [2.75, 3.05) is 31.1 Å². The van der Waals surface area contributed by atoms with Crippen LogP contribution < -0.4 is 10.2 Å². The third-order valence-electron chi connectivity index (χ3n) is 6.83. The van der Waals surface area contributed by atoms with Crippen LogP contribution in [0.1, 0.15) is 38.5 Å². The molecule has 4 rings (SSSR count). The van der Waals surface area contributed by atoms with E-state index in [0.29, 0.717) is 24.8 Å². The maximum absolute atomic E-state index is 12.6. The SMILES string of the molecule is O=C(CN1C(C(=O)O)CC2CCCCC21)NCC1CCN(c2ccccc2)C1. The second-order valence-electron chi connectivity index (χ2n) is 8.61. The number of amides is 1. The topological polar surface area (TPSA) is 72.9 Å². The van der Waals surface area contributed by atoms with Gasteiger partial charge in [0, 0.05) is 31.4 Å². The highest BCUT2D eigenvalue weighted by Crippen LogP contribution is 2.39. The number of aliphatic carboxylic acids is 1. The van der Waals surface area contributed by atoms with Crippen LogP contribution in [0, 0.1) is 11.8 Å². The van der Waals surface area contributed by atoms with E-state index in [1.807, 2.05) is 11.0 Å². The Morgan fingerprint density at radius 1 is 1.11 bits per heavy atom. The molecule has 2 heterocycles. The smallest absolute Gasteiger partial charge is 0.320 e. The number of carboxylic acid groups (broad SMARTS) is 1. The summed E-state index contributed by atoms with van der Waals surface area (Å²) < 4.78 is 0. The summed E-state index contributed by atoms with van der Waals surface area (Å²) in [5, 5.41) is 12.7. The van der Waals surface area contributed by atoms with Crippen LogP contribution >= 0.6 is 0 Å². The van der Waals surface area contributed by atoms with Crippen LogP contribution in [0.15, 0.2) is 30.3 Å². The predicted octanol–water partition coefficient (Wildman–Crippen LogP) is 2.35. The molecule has 1 amide bonds. The van der Waals surface area contributed by atoms with Crippen molar-refractivity contribution in [1.29, 1.82) is 0 Å². The van der Waals surface area contributed by atoms with E-state index in [9.17, 15) is 14.7 Å². The number of nitrogens with zero attached hydrogens (tertiary/aromatic N) is 2. The van der Waals surface area contributed by atoms with Gasteiger partial charge in [0.05, 0.1) is 6.54 Å². The zero-order chi connectivity index (χ0) is 19.5. The van der Waals surface area contributed by atoms with Crippen LogP contribution in [0.3, 0.4) is 0 Å². The summed E-state index contributed by atoms with van der Waals surface area (Å²) in [6.45, 7) is 2.85. The molecule has 2 aliphatic heterocycles. The van der Waals surface area contributed by atoms with E-state index in [1.165, 1.54) is 12.1 Å². The largest absolute Gasteiger partial charge is 0.480 e. The van der Waals surface area contributed by atoms with E-state index in [1.54, 1.807) is 0 Å². The molecule has 2 saturated heterocycles. The van der Waals surface area contributed by atoms with Crippen molar-refractivity contribution in [3.8, 4) is 0 Å². The molecule has 3 fully saturated rings. The van der Waals surface area contributed by atoms with Crippen molar-refractivity contribution in [3.05, 3.63) is 30.3 Å². The normalized spacial score (nSPS) is 30.2. The molecule has 3 aliphatic rings. The highest BCUT2D eigenvalue weighted by atomic mass is 16.4. The number of carboxylic acids is 1. The molecule has 1 aliphatic carbocycles. The summed E-state index contributed by atoms with van der Waals surface area (Å²) in [6.07, 6.45) is 6.22. The molecule has 0 spiro atoms. The molecule has 6 nitrogen and oxygen atoms in total. The van der Waals surface area contributed by atoms with Gasteiger partial charge in [0.2, 0.25) is 5.91 Å². The minimum Gasteiger partial charge on any atom is -0.480 e. The van der Waals surface area contributed by atoms with Gasteiger partial charge >= 0.3 is 5.97 Å². The van der Waals surface area contributed by atoms with Gasteiger partial charge in [0.25, 0.3) is 0 Å². The Hall–Kier alpha value is -2.08. The molecular weight excluding hydrogens is 354 g/mol. The van der Waals surface area contributed by atoms with Gasteiger partial charge in [0.1, 0.15) is 6.04 Å². The Balaban J connectivity index is 1.28. The molecule has 0 radical (unpaired) electrons. The van der Waals surface area contributed by atoms with E-state index < -0.39 is 12.0 Å². The van der Waals surface area contributed by atoms with E-state index in [-0.39, 0.29) is 18.5 Å². The van der Waals surface area contributed by atoms with E-state index in [4.69, 9.17) is 0 Å². The second kappa shape index (κ2) is 8.52. The lowest BCUT2D eigenvalue weighted by Gasteiger charge is -2.32. The Labute approximate surface area is 166 Å². The average Bonchev–Trinajstić information content (AvgIpc) is 3.32. The number of benzene rings is 1. The highest BCUT2D eigenvalue weighted by Gasteiger charge is 2.45. The average molecular weight is 386 g/mol. The Morgan fingerprint density at radius 3 is 2.68 bits per heavy atom. The standard InChI is InChI=1S/C22H31N3O3/c26-21(15-25-19-9-5-4-6-17(19)12-20(25)22(27)28)23-13-16-10-11-24(14-16)18-7-2-1-3-8-18/h1-3,7-8,16-17,19-20H,4-6,9-15H2,(H,23,26)(H,27,28). The second-order valence-corrected chi connectivity index (χ2v) is 8.61. The number of anilines is 1. The first kappa shape index (κ1) is 19.2. The molecule has 28 heavy (non-hydrogen) atoms. The van der Waals surface area contributed by atoms with Crippen LogP contribution in [0.25, 0.3) is 0 Å². The summed E-state index contributed by atoms with van der Waals surface area (Å²) in [7, 11) is 0. The van der Waals surface area contributed by atoms with Gasteiger partial charge in [0.15, 0.2) is 0 Å². The molecule has 0 aromatic heterocycles. The molecule has 1 saturated carbocycles. The van der Waals surface area contributed by atoms with Crippen LogP contribution in [0.2, 0.25) is 0 Å². The lowest BCUT2D eigenvalue weighted by atomic mass is 9.85. The molecule has 4 atom stereocenters. The number of carbonyl (C=O) groups excluding carboxylic acids is 1. The maximum atomic E-state index is 12.6. The number of carbonyl (C=O) groups is 2. The number of para-hydroxylation sites is 1. The van der Waals surface area contributed by atoms with Crippen LogP contribution in [-0.4, -0.2) is 60.1 Å². The van der Waals surface area contributed by atoms with Crippen molar-refractivity contribution in [3.63, 3.8) is 0 Å². The fourth-order valence-corrected chi connectivity index (χ4v) is 5.38. The molecule has 4 unspecified atom stereocenters. The van der Waals surface area contributed by atoms with Crippen LogP contribution in [0.5, 0.6) is 0 Å². The van der Waals surface area contributed by atoms with Crippen molar-refractivity contribution < 1.29 is 14.7 Å². The number of hydrogen-bond acceptors (Lipinski definition) is 4. The molecule has 6 heteroatoms. The zero-order valence-electron chi connectivity index (χ0n) is 16.4. The number of rotatable bonds is 6. The van der Waals surface area contributed by atoms with Crippen molar-refractivity contribution in [1.82, 2.24) is 10.2 Å². The maximum Gasteiger partial charge on any atom is 0.320 e. The monoisotopic (exact) mass is 385 g/mol. The summed E-state index contributed by atoms with van der Waals surface area (Å²) in [5.74, 6) is 0.0736. The first-order chi connectivity index (χ1) is 13.6. The summed E-state index contributed by atoms with van der Waals surface area (Å²) in [6, 6.07) is 10.1. The van der Waals surface area contributed by atoms with Gasteiger partial charge in [-0.2, -0.15) is 0 Å². The van der Waals surface area contributed by atoms with E-state index in [2.05, 4.69) is 34.5 Å². The Kier molecular flexibility index (Phi) is 5.85. The van der Waals surface area contributed by atoms with Crippen LogP contribution in [-0.2, 0) is 9.59 Å². The predicted molar refractivity (Wildman–Crippen MR) is 108 cm³/mol. The number of likely N-dealkylation sites (tertiary alicyclic amines) is 1. The van der Waals surface area contributed by atoms with Crippen molar-refractivity contribution in [2.24, 2.45) is 11.8 Å². The summed E-state index contributed by atoms with van der Waals surface area (Å²) in [5.41, 5.74) is 1.24. The Morgan fingerprint density at radius 2 is 1.89 bits per heavy atom. The van der Waals surface area contributed by atoms with Crippen LogP contribution in [0.4, 0.5) is 5.69 Å². The van der Waals surface area contributed by atoms with Gasteiger partial charge in [-0.3, -0.25) is 14.5 Å². The third kappa shape index (κ3) is 4.17. The highest BCUT2D eigenvalue weighted by molar-refractivity contribution is 5.80. The zero-order valence-corrected chi connectivity index (χ0v) is 16.4. The quantitative estimate of drug-likeness (QED) is 0.786. The van der Waals surface area contributed by atoms with Gasteiger partial charge in [-0.1, -0.05) is 31.0 Å². The van der Waals surface area contributed by atoms with Gasteiger partial charge < -0.3 is 15.3 Å². The molecule has 152 valence electrons. The fraction of sp³-hybridized carbons (Fsp3) is 0.636. The van der Waals surface area contributed by atoms with E-state index >= 15 is 0 Å². The lowest BCUT2D eigenvalue weighted by Crippen LogP contribution is -2.48. The molecule has 0 bridgehead atoms. The third-order valence-corrected chi connectivity index (χ3v) is 6.83. The fourth-order valence-electron chi connectivity index (χ4n) is 5.38.